The van der Waals surface area contributed by atoms with E-state index in [0.29, 0.717) is 0 Å². The summed E-state index contributed by atoms with van der Waals surface area (Å²) in [7, 11) is 0. The number of Topliss-reactive ketones (excluding diaryl/α,β-unsaturated/α-hetero) is 1. The quantitative estimate of drug-likeness (QED) is 0.432. The fraction of sp³-hybridized carbons (Fsp3) is 0.387. The maximum atomic E-state index is 13.4. The van der Waals surface area contributed by atoms with E-state index >= 15 is 0 Å². The molecule has 2 aliphatic heterocycles. The van der Waals surface area contributed by atoms with Crippen LogP contribution in [-0.2, 0) is 23.1 Å². The van der Waals surface area contributed by atoms with E-state index in [4.69, 9.17) is 4.74 Å². The molecule has 0 aliphatic carbocycles. The van der Waals surface area contributed by atoms with E-state index in [9.17, 15) is 4.79 Å². The molecule has 1 fully saturated rings. The summed E-state index contributed by atoms with van der Waals surface area (Å²) in [6.07, 6.45) is 3.08. The van der Waals surface area contributed by atoms with E-state index in [1.165, 1.54) is 11.1 Å². The largest absolute Gasteiger partial charge is 0.493 e. The van der Waals surface area contributed by atoms with Crippen molar-refractivity contribution in [3.05, 3.63) is 101 Å². The van der Waals surface area contributed by atoms with Crippen LogP contribution in [0.15, 0.2) is 78.9 Å². The van der Waals surface area contributed by atoms with E-state index in [1.807, 2.05) is 26.0 Å². The fourth-order valence-electron chi connectivity index (χ4n) is 5.81. The van der Waals surface area contributed by atoms with Crippen LogP contribution in [0.5, 0.6) is 5.75 Å². The van der Waals surface area contributed by atoms with Crippen LogP contribution in [0.1, 0.15) is 49.4 Å². The van der Waals surface area contributed by atoms with Gasteiger partial charge in [0.1, 0.15) is 11.5 Å². The van der Waals surface area contributed by atoms with Gasteiger partial charge in [-0.1, -0.05) is 86.6 Å². The van der Waals surface area contributed by atoms with Gasteiger partial charge in [0.25, 0.3) is 0 Å². The number of nitrogens with zero attached hydrogens (tertiary/aromatic N) is 1. The third-order valence-electron chi connectivity index (χ3n) is 7.37. The molecule has 5 rings (SSSR count). The normalized spacial score (nSPS) is 17.4. The van der Waals surface area contributed by atoms with Gasteiger partial charge in [0.05, 0.1) is 12.0 Å². The molecule has 1 saturated heterocycles. The van der Waals surface area contributed by atoms with Gasteiger partial charge in [-0.25, -0.2) is 0 Å². The molecule has 0 amide bonds. The molecule has 0 bridgehead atoms. The average Bonchev–Trinajstić information content (AvgIpc) is 3.55. The first-order valence-corrected chi connectivity index (χ1v) is 12.8. The van der Waals surface area contributed by atoms with Crippen molar-refractivity contribution in [2.75, 3.05) is 26.2 Å². The van der Waals surface area contributed by atoms with Gasteiger partial charge in [0, 0.05) is 19.5 Å². The summed E-state index contributed by atoms with van der Waals surface area (Å²) in [5.41, 5.74) is 4.35. The number of likely N-dealkylation sites (tertiary alicyclic amines) is 1. The summed E-state index contributed by atoms with van der Waals surface area (Å²) < 4.78 is 5.65. The molecule has 3 aromatic rings. The lowest BCUT2D eigenvalue weighted by atomic mass is 9.63. The number of carbonyl (C=O) groups excluding carboxylic acids is 1. The number of carbonyl (C=O) groups is 1. The van der Waals surface area contributed by atoms with Gasteiger partial charge < -0.3 is 9.64 Å². The third-order valence-corrected chi connectivity index (χ3v) is 7.37. The average molecular weight is 456 g/mol. The Kier molecular flexibility index (Phi) is 7.84. The first-order valence-electron chi connectivity index (χ1n) is 12.8. The molecule has 3 heteroatoms. The van der Waals surface area contributed by atoms with Crippen molar-refractivity contribution >= 4 is 5.78 Å². The summed E-state index contributed by atoms with van der Waals surface area (Å²) in [4.78, 5) is 16.0. The lowest BCUT2D eigenvalue weighted by molar-refractivity contribution is -0.122. The molecule has 0 spiro atoms. The number of fused-ring (bicyclic) bond motifs is 1. The Labute approximate surface area is 204 Å². The van der Waals surface area contributed by atoms with Crippen molar-refractivity contribution in [1.82, 2.24) is 4.90 Å². The summed E-state index contributed by atoms with van der Waals surface area (Å²) in [5, 5.41) is 0. The molecular weight excluding hydrogens is 418 g/mol. The topological polar surface area (TPSA) is 29.5 Å². The maximum Gasteiger partial charge on any atom is 0.145 e. The SMILES string of the molecule is CC.CC(=O)C(c1ccccc1)(c1ccccc1)C1CCN(CCc2ccc3c(c2)CCO3)C1. The molecule has 0 aromatic heterocycles. The Morgan fingerprint density at radius 3 is 2.24 bits per heavy atom. The van der Waals surface area contributed by atoms with Gasteiger partial charge in [-0.3, -0.25) is 4.79 Å². The fourth-order valence-corrected chi connectivity index (χ4v) is 5.81. The third kappa shape index (κ3) is 4.67. The van der Waals surface area contributed by atoms with E-state index in [1.54, 1.807) is 6.92 Å². The zero-order chi connectivity index (χ0) is 24.0. The summed E-state index contributed by atoms with van der Waals surface area (Å²) in [6, 6.07) is 27.4. The minimum atomic E-state index is -0.595. The van der Waals surface area contributed by atoms with Gasteiger partial charge in [0.15, 0.2) is 0 Å². The molecule has 3 aromatic carbocycles. The number of hydrogen-bond donors (Lipinski definition) is 0. The minimum Gasteiger partial charge on any atom is -0.493 e. The molecule has 2 aliphatic rings. The Balaban J connectivity index is 0.00000133. The zero-order valence-electron chi connectivity index (χ0n) is 20.8. The second kappa shape index (κ2) is 11.0. The first kappa shape index (κ1) is 24.2. The van der Waals surface area contributed by atoms with Crippen LogP contribution in [-0.4, -0.2) is 36.9 Å². The van der Waals surface area contributed by atoms with Crippen molar-refractivity contribution in [2.24, 2.45) is 5.92 Å². The number of ether oxygens (including phenoxy) is 1. The van der Waals surface area contributed by atoms with Crippen LogP contribution < -0.4 is 4.74 Å². The number of rotatable bonds is 7. The van der Waals surface area contributed by atoms with Crippen molar-refractivity contribution in [3.63, 3.8) is 0 Å². The summed E-state index contributed by atoms with van der Waals surface area (Å²) in [5.74, 6) is 1.55. The maximum absolute atomic E-state index is 13.4. The van der Waals surface area contributed by atoms with Crippen molar-refractivity contribution in [3.8, 4) is 5.75 Å². The number of benzene rings is 3. The predicted octanol–water partition coefficient (Wildman–Crippen LogP) is 6.09. The predicted molar refractivity (Wildman–Crippen MR) is 140 cm³/mol. The number of ketones is 1. The van der Waals surface area contributed by atoms with E-state index < -0.39 is 5.41 Å². The summed E-state index contributed by atoms with van der Waals surface area (Å²) in [6.45, 7) is 9.58. The first-order chi connectivity index (χ1) is 16.7. The highest BCUT2D eigenvalue weighted by Crippen LogP contribution is 2.44. The molecule has 1 atom stereocenters. The van der Waals surface area contributed by atoms with Crippen LogP contribution in [0.2, 0.25) is 0 Å². The molecular formula is C31H37NO2. The standard InChI is InChI=1S/C29H31NO2.C2H6/c1-22(31)29(25-8-4-2-5-9-25,26-10-6-3-7-11-26)27-15-18-30(21-27)17-14-23-12-13-28-24(20-23)16-19-32-28;1-2/h2-13,20,27H,14-19,21H2,1H3;1-2H3. The highest BCUT2D eigenvalue weighted by Gasteiger charge is 2.48. The Hall–Kier alpha value is -2.91. The Morgan fingerprint density at radius 1 is 0.971 bits per heavy atom. The highest BCUT2D eigenvalue weighted by atomic mass is 16.5. The van der Waals surface area contributed by atoms with E-state index in [0.717, 1.165) is 62.4 Å². The molecule has 3 nitrogen and oxygen atoms in total. The Bertz CT molecular complexity index is 1040. The second-order valence-electron chi connectivity index (χ2n) is 9.17. The van der Waals surface area contributed by atoms with Crippen molar-refractivity contribution in [1.29, 1.82) is 0 Å². The van der Waals surface area contributed by atoms with E-state index in [-0.39, 0.29) is 11.7 Å². The summed E-state index contributed by atoms with van der Waals surface area (Å²) >= 11 is 0. The molecule has 0 N–H and O–H groups in total. The lowest BCUT2D eigenvalue weighted by Crippen LogP contribution is -2.44. The molecule has 0 radical (unpaired) electrons. The van der Waals surface area contributed by atoms with Gasteiger partial charge in [-0.05, 0) is 60.5 Å². The van der Waals surface area contributed by atoms with Gasteiger partial charge >= 0.3 is 0 Å². The molecule has 2 heterocycles. The van der Waals surface area contributed by atoms with Crippen molar-refractivity contribution in [2.45, 2.75) is 45.4 Å². The van der Waals surface area contributed by atoms with Crippen LogP contribution >= 0.6 is 0 Å². The van der Waals surface area contributed by atoms with E-state index in [2.05, 4.69) is 71.6 Å². The molecule has 0 saturated carbocycles. The van der Waals surface area contributed by atoms with Crippen LogP contribution in [0.3, 0.4) is 0 Å². The van der Waals surface area contributed by atoms with Crippen LogP contribution in [0.4, 0.5) is 0 Å². The Morgan fingerprint density at radius 2 is 1.62 bits per heavy atom. The highest BCUT2D eigenvalue weighted by molar-refractivity contribution is 5.92. The molecule has 34 heavy (non-hydrogen) atoms. The molecule has 1 unspecified atom stereocenters. The smallest absolute Gasteiger partial charge is 0.145 e. The molecule has 178 valence electrons. The van der Waals surface area contributed by atoms with Gasteiger partial charge in [0.2, 0.25) is 0 Å². The van der Waals surface area contributed by atoms with Gasteiger partial charge in [-0.15, -0.1) is 0 Å². The van der Waals surface area contributed by atoms with Crippen molar-refractivity contribution < 1.29 is 9.53 Å². The monoisotopic (exact) mass is 455 g/mol. The lowest BCUT2D eigenvalue weighted by Gasteiger charge is -2.38. The van der Waals surface area contributed by atoms with Gasteiger partial charge in [-0.2, -0.15) is 0 Å². The zero-order valence-corrected chi connectivity index (χ0v) is 20.8. The van der Waals surface area contributed by atoms with Crippen LogP contribution in [0, 0.1) is 5.92 Å². The number of hydrogen-bond acceptors (Lipinski definition) is 3. The van der Waals surface area contributed by atoms with Crippen LogP contribution in [0.25, 0.3) is 0 Å². The second-order valence-corrected chi connectivity index (χ2v) is 9.17. The minimum absolute atomic E-state index is 0.236.